The van der Waals surface area contributed by atoms with Gasteiger partial charge in [-0.15, -0.1) is 0 Å². The van der Waals surface area contributed by atoms with Crippen LogP contribution in [0, 0.1) is 0 Å². The SMILES string of the molecule is NC1(c2c3c(c(Cl)c4c2OCC4)OCC3)CCC1. The van der Waals surface area contributed by atoms with Gasteiger partial charge >= 0.3 is 0 Å². The molecule has 1 aromatic rings. The van der Waals surface area contributed by atoms with Crippen molar-refractivity contribution in [2.24, 2.45) is 5.73 Å². The van der Waals surface area contributed by atoms with Crippen LogP contribution in [0.15, 0.2) is 0 Å². The first-order chi connectivity index (χ1) is 8.71. The Balaban J connectivity index is 2.01. The molecule has 0 radical (unpaired) electrons. The Labute approximate surface area is 111 Å². The van der Waals surface area contributed by atoms with E-state index in [0.29, 0.717) is 13.2 Å². The van der Waals surface area contributed by atoms with Crippen LogP contribution in [-0.2, 0) is 18.4 Å². The van der Waals surface area contributed by atoms with Crippen molar-refractivity contribution in [1.82, 2.24) is 0 Å². The number of fused-ring (bicyclic) bond motifs is 2. The van der Waals surface area contributed by atoms with Crippen LogP contribution in [0.3, 0.4) is 0 Å². The quantitative estimate of drug-likeness (QED) is 0.849. The van der Waals surface area contributed by atoms with E-state index < -0.39 is 0 Å². The Morgan fingerprint density at radius 2 is 1.67 bits per heavy atom. The van der Waals surface area contributed by atoms with E-state index in [-0.39, 0.29) is 5.54 Å². The first kappa shape index (κ1) is 10.9. The molecule has 0 spiro atoms. The molecule has 0 atom stereocenters. The number of ether oxygens (including phenoxy) is 2. The molecule has 4 rings (SSSR count). The van der Waals surface area contributed by atoms with Crippen molar-refractivity contribution in [3.63, 3.8) is 0 Å². The zero-order chi connectivity index (χ0) is 12.3. The molecule has 3 aliphatic rings. The molecule has 4 heteroatoms. The molecule has 0 unspecified atom stereocenters. The third-order valence-electron chi connectivity index (χ3n) is 4.48. The molecular formula is C14H16ClNO2. The van der Waals surface area contributed by atoms with E-state index in [2.05, 4.69) is 0 Å². The van der Waals surface area contributed by atoms with Gasteiger partial charge < -0.3 is 15.2 Å². The molecular weight excluding hydrogens is 250 g/mol. The van der Waals surface area contributed by atoms with Gasteiger partial charge in [-0.25, -0.2) is 0 Å². The normalized spacial score (nSPS) is 22.8. The van der Waals surface area contributed by atoms with Crippen LogP contribution in [-0.4, -0.2) is 13.2 Å². The molecule has 2 N–H and O–H groups in total. The first-order valence-electron chi connectivity index (χ1n) is 6.63. The smallest absolute Gasteiger partial charge is 0.142 e. The molecule has 1 aliphatic carbocycles. The fraction of sp³-hybridized carbons (Fsp3) is 0.571. The summed E-state index contributed by atoms with van der Waals surface area (Å²) in [6.45, 7) is 1.42. The van der Waals surface area contributed by atoms with Gasteiger partial charge in [-0.05, 0) is 19.3 Å². The molecule has 0 saturated heterocycles. The zero-order valence-electron chi connectivity index (χ0n) is 10.2. The lowest BCUT2D eigenvalue weighted by Gasteiger charge is -2.40. The van der Waals surface area contributed by atoms with Crippen LogP contribution in [0.5, 0.6) is 11.5 Å². The van der Waals surface area contributed by atoms with Crippen molar-refractivity contribution in [3.05, 3.63) is 21.7 Å². The maximum absolute atomic E-state index is 6.54. The van der Waals surface area contributed by atoms with Gasteiger partial charge in [0.1, 0.15) is 11.5 Å². The van der Waals surface area contributed by atoms with Gasteiger partial charge in [-0.2, -0.15) is 0 Å². The van der Waals surface area contributed by atoms with Crippen molar-refractivity contribution < 1.29 is 9.47 Å². The second-order valence-electron chi connectivity index (χ2n) is 5.51. The Morgan fingerprint density at radius 1 is 1.00 bits per heavy atom. The maximum Gasteiger partial charge on any atom is 0.142 e. The van der Waals surface area contributed by atoms with Crippen LogP contribution in [0.2, 0.25) is 5.02 Å². The number of halogens is 1. The van der Waals surface area contributed by atoms with Crippen LogP contribution in [0.25, 0.3) is 0 Å². The zero-order valence-corrected chi connectivity index (χ0v) is 11.0. The van der Waals surface area contributed by atoms with E-state index in [1.165, 1.54) is 17.5 Å². The predicted molar refractivity (Wildman–Crippen MR) is 69.6 cm³/mol. The highest BCUT2D eigenvalue weighted by molar-refractivity contribution is 6.33. The van der Waals surface area contributed by atoms with Gasteiger partial charge in [0.25, 0.3) is 0 Å². The fourth-order valence-electron chi connectivity index (χ4n) is 3.39. The lowest BCUT2D eigenvalue weighted by molar-refractivity contribution is 0.240. The highest BCUT2D eigenvalue weighted by Gasteiger charge is 2.43. The van der Waals surface area contributed by atoms with Crippen molar-refractivity contribution in [2.75, 3.05) is 13.2 Å². The Hall–Kier alpha value is -0.930. The first-order valence-corrected chi connectivity index (χ1v) is 7.01. The second kappa shape index (κ2) is 3.55. The average molecular weight is 266 g/mol. The van der Waals surface area contributed by atoms with E-state index in [9.17, 15) is 0 Å². The van der Waals surface area contributed by atoms with Gasteiger partial charge in [0.2, 0.25) is 0 Å². The minimum atomic E-state index is -0.212. The number of rotatable bonds is 1. The van der Waals surface area contributed by atoms with Gasteiger partial charge in [-0.3, -0.25) is 0 Å². The molecule has 1 saturated carbocycles. The third-order valence-corrected chi connectivity index (χ3v) is 4.88. The summed E-state index contributed by atoms with van der Waals surface area (Å²) in [4.78, 5) is 0. The lowest BCUT2D eigenvalue weighted by atomic mass is 9.70. The molecule has 18 heavy (non-hydrogen) atoms. The van der Waals surface area contributed by atoms with Crippen molar-refractivity contribution >= 4 is 11.6 Å². The van der Waals surface area contributed by atoms with Gasteiger partial charge in [-0.1, -0.05) is 11.6 Å². The van der Waals surface area contributed by atoms with Gasteiger partial charge in [0.15, 0.2) is 0 Å². The summed E-state index contributed by atoms with van der Waals surface area (Å²) in [7, 11) is 0. The molecule has 0 aromatic heterocycles. The number of hydrogen-bond donors (Lipinski definition) is 1. The summed E-state index contributed by atoms with van der Waals surface area (Å²) < 4.78 is 11.6. The van der Waals surface area contributed by atoms with E-state index in [4.69, 9.17) is 26.8 Å². The Morgan fingerprint density at radius 3 is 2.33 bits per heavy atom. The van der Waals surface area contributed by atoms with E-state index in [0.717, 1.165) is 47.8 Å². The number of nitrogens with two attached hydrogens (primary N) is 1. The largest absolute Gasteiger partial charge is 0.493 e. The summed E-state index contributed by atoms with van der Waals surface area (Å²) in [6.07, 6.45) is 5.05. The molecule has 0 amide bonds. The Bertz CT molecular complexity index is 502. The molecule has 2 aliphatic heterocycles. The van der Waals surface area contributed by atoms with Crippen LogP contribution in [0.1, 0.15) is 36.0 Å². The van der Waals surface area contributed by atoms with Crippen molar-refractivity contribution in [1.29, 1.82) is 0 Å². The van der Waals surface area contributed by atoms with Crippen LogP contribution >= 0.6 is 11.6 Å². The summed E-state index contributed by atoms with van der Waals surface area (Å²) in [5.74, 6) is 1.83. The molecule has 2 heterocycles. The molecule has 1 fully saturated rings. The molecule has 1 aromatic carbocycles. The summed E-state index contributed by atoms with van der Waals surface area (Å²) in [6, 6.07) is 0. The average Bonchev–Trinajstić information content (AvgIpc) is 2.94. The molecule has 3 nitrogen and oxygen atoms in total. The standard InChI is InChI=1S/C14H16ClNO2/c15-11-9-3-7-17-12(9)10(14(16)4-1-5-14)8-2-6-18-13(8)11/h1-7,16H2. The second-order valence-corrected chi connectivity index (χ2v) is 5.89. The molecule has 96 valence electrons. The van der Waals surface area contributed by atoms with Gasteiger partial charge in [0.05, 0.1) is 18.2 Å². The summed E-state index contributed by atoms with van der Waals surface area (Å²) >= 11 is 6.44. The monoisotopic (exact) mass is 265 g/mol. The highest BCUT2D eigenvalue weighted by atomic mass is 35.5. The van der Waals surface area contributed by atoms with Crippen LogP contribution in [0.4, 0.5) is 0 Å². The van der Waals surface area contributed by atoms with Gasteiger partial charge in [0, 0.05) is 35.1 Å². The molecule has 0 bridgehead atoms. The van der Waals surface area contributed by atoms with Crippen molar-refractivity contribution in [3.8, 4) is 11.5 Å². The maximum atomic E-state index is 6.54. The van der Waals surface area contributed by atoms with E-state index in [1.807, 2.05) is 0 Å². The van der Waals surface area contributed by atoms with E-state index in [1.54, 1.807) is 0 Å². The van der Waals surface area contributed by atoms with Crippen LogP contribution < -0.4 is 15.2 Å². The highest BCUT2D eigenvalue weighted by Crippen LogP contribution is 2.53. The Kier molecular flexibility index (Phi) is 2.16. The number of benzene rings is 1. The predicted octanol–water partition coefficient (Wildman–Crippen LogP) is 2.55. The lowest BCUT2D eigenvalue weighted by Crippen LogP contribution is -2.44. The van der Waals surface area contributed by atoms with Crippen molar-refractivity contribution in [2.45, 2.75) is 37.6 Å². The summed E-state index contributed by atoms with van der Waals surface area (Å²) in [5.41, 5.74) is 9.82. The third kappa shape index (κ3) is 1.24. The topological polar surface area (TPSA) is 44.5 Å². The van der Waals surface area contributed by atoms with E-state index >= 15 is 0 Å². The fourth-order valence-corrected chi connectivity index (χ4v) is 3.74. The minimum Gasteiger partial charge on any atom is -0.493 e. The summed E-state index contributed by atoms with van der Waals surface area (Å²) in [5, 5.41) is 0.752. The minimum absolute atomic E-state index is 0.212. The number of hydrogen-bond acceptors (Lipinski definition) is 3.